The van der Waals surface area contributed by atoms with E-state index in [4.69, 9.17) is 4.42 Å². The second kappa shape index (κ2) is 5.84. The van der Waals surface area contributed by atoms with Crippen molar-refractivity contribution >= 4 is 0 Å². The molecule has 0 saturated carbocycles. The average Bonchev–Trinajstić information content (AvgIpc) is 2.82. The number of aryl methyl sites for hydroxylation is 1. The molecule has 20 heavy (non-hydrogen) atoms. The van der Waals surface area contributed by atoms with Crippen molar-refractivity contribution in [2.24, 2.45) is 0 Å². The monoisotopic (exact) mass is 271 g/mol. The van der Waals surface area contributed by atoms with Crippen LogP contribution in [0, 0.1) is 6.92 Å². The molecule has 1 aromatic heterocycles. The molecule has 1 unspecified atom stereocenters. The van der Waals surface area contributed by atoms with Gasteiger partial charge in [-0.25, -0.2) is 0 Å². The first-order valence-corrected chi connectivity index (χ1v) is 7.22. The van der Waals surface area contributed by atoms with E-state index in [1.165, 1.54) is 16.7 Å². The molecule has 2 rings (SSSR count). The second-order valence-electron chi connectivity index (χ2n) is 6.42. The summed E-state index contributed by atoms with van der Waals surface area (Å²) < 4.78 is 5.41. The highest BCUT2D eigenvalue weighted by atomic mass is 16.3. The molecule has 108 valence electrons. The van der Waals surface area contributed by atoms with Gasteiger partial charge in [-0.05, 0) is 43.0 Å². The summed E-state index contributed by atoms with van der Waals surface area (Å²) in [5.41, 5.74) is 4.18. The Hall–Kier alpha value is -1.54. The van der Waals surface area contributed by atoms with Crippen LogP contribution in [-0.2, 0) is 11.8 Å². The second-order valence-corrected chi connectivity index (χ2v) is 6.42. The Labute approximate surface area is 122 Å². The highest BCUT2D eigenvalue weighted by Gasteiger charge is 2.16. The van der Waals surface area contributed by atoms with Gasteiger partial charge in [-0.15, -0.1) is 0 Å². The van der Waals surface area contributed by atoms with Crippen LogP contribution in [0.5, 0.6) is 0 Å². The van der Waals surface area contributed by atoms with Crippen molar-refractivity contribution in [1.82, 2.24) is 5.32 Å². The van der Waals surface area contributed by atoms with Crippen molar-refractivity contribution in [3.05, 3.63) is 59.0 Å². The summed E-state index contributed by atoms with van der Waals surface area (Å²) in [4.78, 5) is 0. The first-order chi connectivity index (χ1) is 9.41. The molecule has 1 aromatic carbocycles. The van der Waals surface area contributed by atoms with E-state index in [0.29, 0.717) is 6.04 Å². The predicted octanol–water partition coefficient (Wildman–Crippen LogP) is 4.39. The van der Waals surface area contributed by atoms with Gasteiger partial charge in [0.2, 0.25) is 0 Å². The zero-order chi connectivity index (χ0) is 14.8. The minimum Gasteiger partial charge on any atom is -0.469 e. The fourth-order valence-corrected chi connectivity index (χ4v) is 2.50. The summed E-state index contributed by atoms with van der Waals surface area (Å²) >= 11 is 0. The lowest BCUT2D eigenvalue weighted by atomic mass is 9.86. The van der Waals surface area contributed by atoms with Crippen LogP contribution < -0.4 is 5.32 Å². The van der Waals surface area contributed by atoms with E-state index in [2.05, 4.69) is 56.4 Å². The lowest BCUT2D eigenvalue weighted by Gasteiger charge is -2.20. The molecule has 2 nitrogen and oxygen atoms in total. The fraction of sp³-hybridized carbons (Fsp3) is 0.444. The van der Waals surface area contributed by atoms with Crippen molar-refractivity contribution in [2.45, 2.75) is 45.6 Å². The van der Waals surface area contributed by atoms with E-state index < -0.39 is 0 Å². The molecule has 1 N–H and O–H groups in total. The standard InChI is InChI=1S/C18H25NO/c1-13-16(10-11-20-13)17(19-5)12-14-6-8-15(9-7-14)18(2,3)4/h6-11,17,19H,12H2,1-5H3. The molecule has 1 atom stereocenters. The van der Waals surface area contributed by atoms with Crippen LogP contribution in [0.2, 0.25) is 0 Å². The molecular weight excluding hydrogens is 246 g/mol. The topological polar surface area (TPSA) is 25.2 Å². The fourth-order valence-electron chi connectivity index (χ4n) is 2.50. The van der Waals surface area contributed by atoms with Crippen LogP contribution >= 0.6 is 0 Å². The Morgan fingerprint density at radius 3 is 2.20 bits per heavy atom. The van der Waals surface area contributed by atoms with E-state index in [-0.39, 0.29) is 5.41 Å². The van der Waals surface area contributed by atoms with Crippen LogP contribution in [0.3, 0.4) is 0 Å². The van der Waals surface area contributed by atoms with Gasteiger partial charge in [0, 0.05) is 11.6 Å². The maximum Gasteiger partial charge on any atom is 0.105 e. The van der Waals surface area contributed by atoms with Gasteiger partial charge >= 0.3 is 0 Å². The Kier molecular flexibility index (Phi) is 4.34. The third kappa shape index (κ3) is 3.31. The molecule has 2 heteroatoms. The van der Waals surface area contributed by atoms with Crippen molar-refractivity contribution in [2.75, 3.05) is 7.05 Å². The van der Waals surface area contributed by atoms with Gasteiger partial charge in [0.25, 0.3) is 0 Å². The van der Waals surface area contributed by atoms with Crippen LogP contribution in [0.4, 0.5) is 0 Å². The third-order valence-corrected chi connectivity index (χ3v) is 3.88. The SMILES string of the molecule is CNC(Cc1ccc(C(C)(C)C)cc1)c1ccoc1C. The van der Waals surface area contributed by atoms with Gasteiger partial charge in [0.15, 0.2) is 0 Å². The van der Waals surface area contributed by atoms with Crippen LogP contribution in [0.15, 0.2) is 41.0 Å². The maximum absolute atomic E-state index is 5.41. The van der Waals surface area contributed by atoms with Gasteiger partial charge in [0.05, 0.1) is 6.26 Å². The summed E-state index contributed by atoms with van der Waals surface area (Å²) in [7, 11) is 2.00. The van der Waals surface area contributed by atoms with E-state index in [9.17, 15) is 0 Å². The Bertz CT molecular complexity index is 546. The first kappa shape index (κ1) is 14.9. The predicted molar refractivity (Wildman–Crippen MR) is 84.1 cm³/mol. The number of hydrogen-bond acceptors (Lipinski definition) is 2. The number of benzene rings is 1. The van der Waals surface area contributed by atoms with Crippen molar-refractivity contribution < 1.29 is 4.42 Å². The number of furan rings is 1. The van der Waals surface area contributed by atoms with Gasteiger partial charge in [0.1, 0.15) is 5.76 Å². The molecule has 0 radical (unpaired) electrons. The molecule has 0 bridgehead atoms. The zero-order valence-electron chi connectivity index (χ0n) is 13.2. The number of hydrogen-bond donors (Lipinski definition) is 1. The minimum atomic E-state index is 0.210. The molecule has 0 saturated heterocycles. The number of rotatable bonds is 4. The van der Waals surface area contributed by atoms with Crippen molar-refractivity contribution in [3.63, 3.8) is 0 Å². The lowest BCUT2D eigenvalue weighted by Crippen LogP contribution is -2.19. The molecule has 0 aliphatic heterocycles. The van der Waals surface area contributed by atoms with E-state index in [0.717, 1.165) is 12.2 Å². The molecule has 0 spiro atoms. The van der Waals surface area contributed by atoms with Crippen molar-refractivity contribution in [1.29, 1.82) is 0 Å². The van der Waals surface area contributed by atoms with E-state index >= 15 is 0 Å². The molecular formula is C18H25NO. The lowest BCUT2D eigenvalue weighted by molar-refractivity contribution is 0.512. The smallest absolute Gasteiger partial charge is 0.105 e. The molecule has 0 amide bonds. The maximum atomic E-state index is 5.41. The molecule has 0 aliphatic rings. The largest absolute Gasteiger partial charge is 0.469 e. The number of nitrogens with one attached hydrogen (secondary N) is 1. The first-order valence-electron chi connectivity index (χ1n) is 7.22. The van der Waals surface area contributed by atoms with E-state index in [1.54, 1.807) is 6.26 Å². The summed E-state index contributed by atoms with van der Waals surface area (Å²) in [5, 5.41) is 3.38. The summed E-state index contributed by atoms with van der Waals surface area (Å²) in [6, 6.07) is 11.3. The molecule has 0 fully saturated rings. The summed E-state index contributed by atoms with van der Waals surface area (Å²) in [5.74, 6) is 0.996. The van der Waals surface area contributed by atoms with Gasteiger partial charge in [-0.3, -0.25) is 0 Å². The highest BCUT2D eigenvalue weighted by molar-refractivity contribution is 5.30. The van der Waals surface area contributed by atoms with Gasteiger partial charge in [-0.1, -0.05) is 45.0 Å². The summed E-state index contributed by atoms with van der Waals surface area (Å²) in [6.45, 7) is 8.75. The quantitative estimate of drug-likeness (QED) is 0.892. The normalized spacial score (nSPS) is 13.4. The Balaban J connectivity index is 2.15. The Morgan fingerprint density at radius 2 is 1.75 bits per heavy atom. The third-order valence-electron chi connectivity index (χ3n) is 3.88. The number of likely N-dealkylation sites (N-methyl/N-ethyl adjacent to an activating group) is 1. The molecule has 0 aliphatic carbocycles. The van der Waals surface area contributed by atoms with Crippen LogP contribution in [0.1, 0.15) is 49.3 Å². The van der Waals surface area contributed by atoms with Crippen LogP contribution in [-0.4, -0.2) is 7.05 Å². The van der Waals surface area contributed by atoms with Crippen molar-refractivity contribution in [3.8, 4) is 0 Å². The van der Waals surface area contributed by atoms with E-state index in [1.807, 2.05) is 14.0 Å². The summed E-state index contributed by atoms with van der Waals surface area (Å²) in [6.07, 6.45) is 2.74. The molecule has 1 heterocycles. The van der Waals surface area contributed by atoms with Gasteiger partial charge < -0.3 is 9.73 Å². The average molecular weight is 271 g/mol. The zero-order valence-corrected chi connectivity index (χ0v) is 13.2. The Morgan fingerprint density at radius 1 is 1.10 bits per heavy atom. The minimum absolute atomic E-state index is 0.210. The highest BCUT2D eigenvalue weighted by Crippen LogP contribution is 2.25. The van der Waals surface area contributed by atoms with Crippen LogP contribution in [0.25, 0.3) is 0 Å². The van der Waals surface area contributed by atoms with Gasteiger partial charge in [-0.2, -0.15) is 0 Å². The molecule has 2 aromatic rings.